The van der Waals surface area contributed by atoms with Gasteiger partial charge in [-0.3, -0.25) is 4.79 Å². The van der Waals surface area contributed by atoms with Crippen molar-refractivity contribution in [2.75, 3.05) is 6.54 Å². The van der Waals surface area contributed by atoms with Gasteiger partial charge in [0.25, 0.3) is 5.91 Å². The van der Waals surface area contributed by atoms with Crippen molar-refractivity contribution < 1.29 is 15.0 Å². The second kappa shape index (κ2) is 6.72. The Morgan fingerprint density at radius 3 is 2.96 bits per heavy atom. The van der Waals surface area contributed by atoms with Gasteiger partial charge < -0.3 is 15.1 Å². The predicted octanol–water partition coefficient (Wildman–Crippen LogP) is 3.49. The molecule has 5 heteroatoms. The van der Waals surface area contributed by atoms with Crippen molar-refractivity contribution in [3.63, 3.8) is 0 Å². The number of aliphatic hydroxyl groups is 1. The summed E-state index contributed by atoms with van der Waals surface area (Å²) in [6.07, 6.45) is 1.82. The predicted molar refractivity (Wildman–Crippen MR) is 90.8 cm³/mol. The SMILES string of the molecule is Cc1cccc(C(=O)N2CCCC2CC(O)c2cccs2)c1O. The molecule has 1 aliphatic heterocycles. The lowest BCUT2D eigenvalue weighted by Crippen LogP contribution is -2.36. The zero-order valence-corrected chi connectivity index (χ0v) is 13.9. The van der Waals surface area contributed by atoms with Gasteiger partial charge in [0, 0.05) is 17.5 Å². The van der Waals surface area contributed by atoms with Crippen LogP contribution in [0.25, 0.3) is 0 Å². The van der Waals surface area contributed by atoms with E-state index in [4.69, 9.17) is 0 Å². The Kier molecular flexibility index (Phi) is 4.68. The summed E-state index contributed by atoms with van der Waals surface area (Å²) in [4.78, 5) is 15.5. The molecule has 2 aromatic rings. The third-order valence-corrected chi connectivity index (χ3v) is 5.45. The second-order valence-corrected chi connectivity index (χ2v) is 7.01. The molecule has 3 rings (SSSR count). The van der Waals surface area contributed by atoms with Crippen molar-refractivity contribution in [1.29, 1.82) is 0 Å². The topological polar surface area (TPSA) is 60.8 Å². The Hall–Kier alpha value is -1.85. The molecule has 1 aliphatic rings. The van der Waals surface area contributed by atoms with Gasteiger partial charge in [-0.25, -0.2) is 0 Å². The van der Waals surface area contributed by atoms with Crippen LogP contribution in [-0.2, 0) is 0 Å². The van der Waals surface area contributed by atoms with Crippen LogP contribution in [0.3, 0.4) is 0 Å². The molecule has 1 amide bonds. The quantitative estimate of drug-likeness (QED) is 0.901. The van der Waals surface area contributed by atoms with Crippen LogP contribution >= 0.6 is 11.3 Å². The highest BCUT2D eigenvalue weighted by molar-refractivity contribution is 7.10. The van der Waals surface area contributed by atoms with Gasteiger partial charge >= 0.3 is 0 Å². The molecule has 0 bridgehead atoms. The first kappa shape index (κ1) is 16.0. The molecule has 1 fully saturated rings. The lowest BCUT2D eigenvalue weighted by Gasteiger charge is -2.27. The van der Waals surface area contributed by atoms with Gasteiger partial charge in [-0.1, -0.05) is 18.2 Å². The monoisotopic (exact) mass is 331 g/mol. The number of rotatable bonds is 4. The Morgan fingerprint density at radius 1 is 1.39 bits per heavy atom. The number of benzene rings is 1. The third kappa shape index (κ3) is 3.26. The molecule has 2 heterocycles. The Labute approximate surface area is 140 Å². The normalized spacial score (nSPS) is 19.0. The number of phenols is 1. The van der Waals surface area contributed by atoms with E-state index in [2.05, 4.69) is 0 Å². The Morgan fingerprint density at radius 2 is 2.22 bits per heavy atom. The highest BCUT2D eigenvalue weighted by Crippen LogP contribution is 2.32. The Bertz CT molecular complexity index is 684. The number of para-hydroxylation sites is 1. The van der Waals surface area contributed by atoms with E-state index in [9.17, 15) is 15.0 Å². The largest absolute Gasteiger partial charge is 0.507 e. The summed E-state index contributed by atoms with van der Waals surface area (Å²) < 4.78 is 0. The standard InChI is InChI=1S/C18H21NO3S/c1-12-5-2-7-14(17(12)21)18(22)19-9-3-6-13(19)11-15(20)16-8-4-10-23-16/h2,4-5,7-8,10,13,15,20-21H,3,6,9,11H2,1H3. The highest BCUT2D eigenvalue weighted by Gasteiger charge is 2.32. The summed E-state index contributed by atoms with van der Waals surface area (Å²) in [5, 5.41) is 22.5. The molecule has 122 valence electrons. The molecular formula is C18H21NO3S. The van der Waals surface area contributed by atoms with Gasteiger partial charge in [0.1, 0.15) is 5.75 Å². The van der Waals surface area contributed by atoms with Crippen molar-refractivity contribution in [3.8, 4) is 5.75 Å². The number of thiophene rings is 1. The molecule has 1 aromatic carbocycles. The fraction of sp³-hybridized carbons (Fsp3) is 0.389. The molecule has 1 aromatic heterocycles. The minimum absolute atomic E-state index is 0.0134. The summed E-state index contributed by atoms with van der Waals surface area (Å²) in [5.41, 5.74) is 1.05. The molecule has 0 aliphatic carbocycles. The lowest BCUT2D eigenvalue weighted by atomic mass is 10.0. The number of nitrogens with zero attached hydrogens (tertiary/aromatic N) is 1. The van der Waals surface area contributed by atoms with Crippen molar-refractivity contribution >= 4 is 17.2 Å². The maximum absolute atomic E-state index is 12.8. The molecular weight excluding hydrogens is 310 g/mol. The number of aryl methyl sites for hydroxylation is 1. The van der Waals surface area contributed by atoms with Gasteiger partial charge in [-0.15, -0.1) is 11.3 Å². The van der Waals surface area contributed by atoms with Crippen LogP contribution < -0.4 is 0 Å². The van der Waals surface area contributed by atoms with E-state index in [1.807, 2.05) is 17.5 Å². The van der Waals surface area contributed by atoms with Crippen molar-refractivity contribution in [1.82, 2.24) is 4.90 Å². The van der Waals surface area contributed by atoms with Gasteiger partial charge in [-0.05, 0) is 49.3 Å². The van der Waals surface area contributed by atoms with Crippen LogP contribution in [0.4, 0.5) is 0 Å². The van der Waals surface area contributed by atoms with Crippen LogP contribution in [-0.4, -0.2) is 33.6 Å². The lowest BCUT2D eigenvalue weighted by molar-refractivity contribution is 0.0667. The fourth-order valence-corrected chi connectivity index (χ4v) is 3.91. The maximum Gasteiger partial charge on any atom is 0.257 e. The van der Waals surface area contributed by atoms with Crippen molar-refractivity contribution in [2.45, 2.75) is 38.3 Å². The fourth-order valence-electron chi connectivity index (χ4n) is 3.19. The van der Waals surface area contributed by atoms with E-state index in [-0.39, 0.29) is 17.7 Å². The number of hydrogen-bond acceptors (Lipinski definition) is 4. The molecule has 0 spiro atoms. The van der Waals surface area contributed by atoms with Crippen LogP contribution in [0.5, 0.6) is 5.75 Å². The molecule has 2 unspecified atom stereocenters. The number of likely N-dealkylation sites (tertiary alicyclic amines) is 1. The first-order chi connectivity index (χ1) is 11.1. The number of carbonyl (C=O) groups excluding carboxylic acids is 1. The Balaban J connectivity index is 1.76. The average Bonchev–Trinajstić information content (AvgIpc) is 3.20. The second-order valence-electron chi connectivity index (χ2n) is 6.03. The van der Waals surface area contributed by atoms with Crippen LogP contribution in [0.15, 0.2) is 35.7 Å². The number of amides is 1. The first-order valence-corrected chi connectivity index (χ1v) is 8.77. The maximum atomic E-state index is 12.8. The van der Waals surface area contributed by atoms with E-state index in [0.29, 0.717) is 24.1 Å². The van der Waals surface area contributed by atoms with Crippen LogP contribution in [0.2, 0.25) is 0 Å². The van der Waals surface area contributed by atoms with E-state index < -0.39 is 6.10 Å². The zero-order valence-electron chi connectivity index (χ0n) is 13.1. The van der Waals surface area contributed by atoms with Gasteiger partial charge in [0.15, 0.2) is 0 Å². The van der Waals surface area contributed by atoms with Crippen molar-refractivity contribution in [3.05, 3.63) is 51.7 Å². The molecule has 2 N–H and O–H groups in total. The van der Waals surface area contributed by atoms with Crippen LogP contribution in [0, 0.1) is 6.92 Å². The number of phenolic OH excluding ortho intramolecular Hbond substituents is 1. The number of aromatic hydroxyl groups is 1. The summed E-state index contributed by atoms with van der Waals surface area (Å²) in [6.45, 7) is 2.46. The highest BCUT2D eigenvalue weighted by atomic mass is 32.1. The van der Waals surface area contributed by atoms with Gasteiger partial charge in [0.05, 0.1) is 11.7 Å². The minimum Gasteiger partial charge on any atom is -0.507 e. The van der Waals surface area contributed by atoms with Crippen LogP contribution in [0.1, 0.15) is 46.2 Å². The van der Waals surface area contributed by atoms with Gasteiger partial charge in [-0.2, -0.15) is 0 Å². The summed E-state index contributed by atoms with van der Waals surface area (Å²) >= 11 is 1.53. The van der Waals surface area contributed by atoms with E-state index >= 15 is 0 Å². The smallest absolute Gasteiger partial charge is 0.257 e. The van der Waals surface area contributed by atoms with E-state index in [0.717, 1.165) is 17.7 Å². The van der Waals surface area contributed by atoms with E-state index in [1.165, 1.54) is 11.3 Å². The molecule has 4 nitrogen and oxygen atoms in total. The molecule has 0 saturated carbocycles. The average molecular weight is 331 g/mol. The van der Waals surface area contributed by atoms with Crippen molar-refractivity contribution in [2.24, 2.45) is 0 Å². The molecule has 1 saturated heterocycles. The number of carbonyl (C=O) groups is 1. The summed E-state index contributed by atoms with van der Waals surface area (Å²) in [6, 6.07) is 9.09. The number of hydrogen-bond donors (Lipinski definition) is 2. The summed E-state index contributed by atoms with van der Waals surface area (Å²) in [7, 11) is 0. The first-order valence-electron chi connectivity index (χ1n) is 7.89. The minimum atomic E-state index is -0.542. The van der Waals surface area contributed by atoms with Gasteiger partial charge in [0.2, 0.25) is 0 Å². The zero-order chi connectivity index (χ0) is 16.4. The third-order valence-electron chi connectivity index (χ3n) is 4.47. The summed E-state index contributed by atoms with van der Waals surface area (Å²) in [5.74, 6) is -0.0889. The molecule has 23 heavy (non-hydrogen) atoms. The molecule has 2 atom stereocenters. The number of aliphatic hydroxyl groups excluding tert-OH is 1. The van der Waals surface area contributed by atoms with E-state index in [1.54, 1.807) is 30.0 Å². The molecule has 0 radical (unpaired) electrons.